The maximum absolute atomic E-state index is 13.4. The summed E-state index contributed by atoms with van der Waals surface area (Å²) in [5.41, 5.74) is 0.271. The molecule has 0 bridgehead atoms. The number of nitrogens with zero attached hydrogens (tertiary/aromatic N) is 2. The molecule has 0 aromatic heterocycles. The Hall–Kier alpha value is -3.36. The van der Waals surface area contributed by atoms with Crippen LogP contribution in [0, 0.1) is 27.7 Å². The quantitative estimate of drug-likeness (QED) is 0.642. The fourth-order valence-corrected chi connectivity index (χ4v) is 2.99. The molecule has 1 heterocycles. The average Bonchev–Trinajstić information content (AvgIpc) is 3.01. The number of nitrogens with one attached hydrogen (secondary N) is 1. The van der Waals surface area contributed by atoms with Crippen LogP contribution < -0.4 is 10.2 Å². The first kappa shape index (κ1) is 18.4. The lowest BCUT2D eigenvalue weighted by Gasteiger charge is -2.17. The number of hydrogen-bond acceptors (Lipinski definition) is 4. The van der Waals surface area contributed by atoms with Gasteiger partial charge in [0.25, 0.3) is 5.69 Å². The normalized spacial score (nSPS) is 16.4. The molecule has 2 amide bonds. The second-order valence-electron chi connectivity index (χ2n) is 6.14. The van der Waals surface area contributed by atoms with Crippen molar-refractivity contribution in [2.45, 2.75) is 13.0 Å². The third-order valence-corrected chi connectivity index (χ3v) is 4.30. The lowest BCUT2D eigenvalue weighted by molar-refractivity contribution is -0.385. The molecule has 0 saturated carbocycles. The van der Waals surface area contributed by atoms with Crippen LogP contribution in [0.4, 0.5) is 20.2 Å². The van der Waals surface area contributed by atoms with Crippen molar-refractivity contribution in [2.24, 2.45) is 5.92 Å². The lowest BCUT2D eigenvalue weighted by atomic mass is 10.1. The van der Waals surface area contributed by atoms with Gasteiger partial charge in [-0.1, -0.05) is 18.2 Å². The summed E-state index contributed by atoms with van der Waals surface area (Å²) >= 11 is 0. The van der Waals surface area contributed by atoms with E-state index in [4.69, 9.17) is 0 Å². The molecular weight excluding hydrogens is 360 g/mol. The number of rotatable bonds is 5. The summed E-state index contributed by atoms with van der Waals surface area (Å²) in [5, 5.41) is 13.6. The van der Waals surface area contributed by atoms with E-state index in [0.717, 1.165) is 17.0 Å². The first-order chi connectivity index (χ1) is 12.8. The minimum Gasteiger partial charge on any atom is -0.351 e. The smallest absolute Gasteiger partial charge is 0.274 e. The van der Waals surface area contributed by atoms with Gasteiger partial charge < -0.3 is 10.2 Å². The van der Waals surface area contributed by atoms with Crippen molar-refractivity contribution in [1.82, 2.24) is 5.32 Å². The van der Waals surface area contributed by atoms with Crippen LogP contribution in [-0.4, -0.2) is 23.3 Å². The van der Waals surface area contributed by atoms with E-state index in [1.807, 2.05) is 0 Å². The molecule has 2 aromatic rings. The minimum absolute atomic E-state index is 0.0234. The van der Waals surface area contributed by atoms with E-state index in [2.05, 4.69) is 5.32 Å². The third-order valence-electron chi connectivity index (χ3n) is 4.30. The Bertz CT molecular complexity index is 899. The molecule has 1 atom stereocenters. The van der Waals surface area contributed by atoms with Gasteiger partial charge in [-0.3, -0.25) is 19.7 Å². The Morgan fingerprint density at radius 2 is 1.89 bits per heavy atom. The highest BCUT2D eigenvalue weighted by molar-refractivity contribution is 6.00. The zero-order valence-corrected chi connectivity index (χ0v) is 14.0. The Labute approximate surface area is 152 Å². The van der Waals surface area contributed by atoms with Crippen molar-refractivity contribution in [3.63, 3.8) is 0 Å². The lowest BCUT2D eigenvalue weighted by Crippen LogP contribution is -2.32. The first-order valence-corrected chi connectivity index (χ1v) is 8.11. The van der Waals surface area contributed by atoms with Gasteiger partial charge in [-0.25, -0.2) is 8.78 Å². The van der Waals surface area contributed by atoms with Gasteiger partial charge in [0.2, 0.25) is 11.8 Å². The number of para-hydroxylation sites is 1. The van der Waals surface area contributed by atoms with Gasteiger partial charge in [-0.2, -0.15) is 0 Å². The Kier molecular flexibility index (Phi) is 5.11. The SMILES string of the molecule is O=C(NCc1ccccc1[N+](=O)[O-])C1CC(=O)N(c2cc(F)cc(F)c2)C1. The number of nitro benzene ring substituents is 1. The molecule has 1 N–H and O–H groups in total. The second-order valence-corrected chi connectivity index (χ2v) is 6.14. The number of benzene rings is 2. The topological polar surface area (TPSA) is 92.5 Å². The van der Waals surface area contributed by atoms with Crippen molar-refractivity contribution in [2.75, 3.05) is 11.4 Å². The molecule has 1 saturated heterocycles. The number of carbonyl (C=O) groups excluding carboxylic acids is 2. The van der Waals surface area contributed by atoms with Crippen molar-refractivity contribution in [1.29, 1.82) is 0 Å². The van der Waals surface area contributed by atoms with Crippen LogP contribution >= 0.6 is 0 Å². The molecule has 1 fully saturated rings. The third kappa shape index (κ3) is 4.08. The summed E-state index contributed by atoms with van der Waals surface area (Å²) in [7, 11) is 0. The maximum Gasteiger partial charge on any atom is 0.274 e. The molecule has 9 heteroatoms. The summed E-state index contributed by atoms with van der Waals surface area (Å²) < 4.78 is 26.7. The van der Waals surface area contributed by atoms with Crippen LogP contribution in [0.3, 0.4) is 0 Å². The molecule has 1 aliphatic rings. The summed E-state index contributed by atoms with van der Waals surface area (Å²) in [6, 6.07) is 8.74. The van der Waals surface area contributed by atoms with Gasteiger partial charge in [0.05, 0.1) is 10.8 Å². The summed E-state index contributed by atoms with van der Waals surface area (Å²) in [5.74, 6) is -3.23. The number of halogens is 2. The van der Waals surface area contributed by atoms with E-state index in [0.29, 0.717) is 11.6 Å². The van der Waals surface area contributed by atoms with Crippen molar-refractivity contribution in [3.8, 4) is 0 Å². The Morgan fingerprint density at radius 1 is 1.22 bits per heavy atom. The van der Waals surface area contributed by atoms with Crippen LogP contribution in [0.2, 0.25) is 0 Å². The largest absolute Gasteiger partial charge is 0.351 e. The van der Waals surface area contributed by atoms with E-state index >= 15 is 0 Å². The molecule has 0 aliphatic carbocycles. The molecule has 27 heavy (non-hydrogen) atoms. The van der Waals surface area contributed by atoms with Gasteiger partial charge in [0.15, 0.2) is 0 Å². The van der Waals surface area contributed by atoms with Gasteiger partial charge in [-0.05, 0) is 12.1 Å². The van der Waals surface area contributed by atoms with Crippen molar-refractivity contribution in [3.05, 3.63) is 69.8 Å². The van der Waals surface area contributed by atoms with Gasteiger partial charge in [0.1, 0.15) is 11.6 Å². The highest BCUT2D eigenvalue weighted by Crippen LogP contribution is 2.27. The van der Waals surface area contributed by atoms with Crippen LogP contribution in [-0.2, 0) is 16.1 Å². The average molecular weight is 375 g/mol. The molecular formula is C18H15F2N3O4. The zero-order chi connectivity index (χ0) is 19.6. The molecule has 1 aliphatic heterocycles. The van der Waals surface area contributed by atoms with Crippen molar-refractivity contribution >= 4 is 23.2 Å². The van der Waals surface area contributed by atoms with E-state index in [1.165, 1.54) is 18.2 Å². The van der Waals surface area contributed by atoms with Gasteiger partial charge in [-0.15, -0.1) is 0 Å². The van der Waals surface area contributed by atoms with Gasteiger partial charge in [0, 0.05) is 42.9 Å². The maximum atomic E-state index is 13.4. The molecule has 2 aromatic carbocycles. The van der Waals surface area contributed by atoms with E-state index in [9.17, 15) is 28.5 Å². The van der Waals surface area contributed by atoms with Crippen LogP contribution in [0.25, 0.3) is 0 Å². The van der Waals surface area contributed by atoms with Crippen LogP contribution in [0.1, 0.15) is 12.0 Å². The monoisotopic (exact) mass is 375 g/mol. The fraction of sp³-hybridized carbons (Fsp3) is 0.222. The first-order valence-electron chi connectivity index (χ1n) is 8.11. The second kappa shape index (κ2) is 7.48. The zero-order valence-electron chi connectivity index (χ0n) is 14.0. The Morgan fingerprint density at radius 3 is 2.56 bits per heavy atom. The van der Waals surface area contributed by atoms with Crippen molar-refractivity contribution < 1.29 is 23.3 Å². The highest BCUT2D eigenvalue weighted by atomic mass is 19.1. The number of amides is 2. The fourth-order valence-electron chi connectivity index (χ4n) is 2.99. The number of carbonyl (C=O) groups is 2. The molecule has 0 radical (unpaired) electrons. The predicted octanol–water partition coefficient (Wildman–Crippen LogP) is 2.54. The summed E-state index contributed by atoms with van der Waals surface area (Å²) in [4.78, 5) is 36.1. The highest BCUT2D eigenvalue weighted by Gasteiger charge is 2.35. The summed E-state index contributed by atoms with van der Waals surface area (Å²) in [6.07, 6.45) is -0.110. The Balaban J connectivity index is 1.67. The number of nitro groups is 1. The van der Waals surface area contributed by atoms with E-state index in [1.54, 1.807) is 6.07 Å². The standard InChI is InChI=1S/C18H15F2N3O4/c19-13-6-14(20)8-15(7-13)22-10-12(5-17(22)24)18(25)21-9-11-3-1-2-4-16(11)23(26)27/h1-4,6-8,12H,5,9-10H2,(H,21,25). The minimum atomic E-state index is -0.818. The van der Waals surface area contributed by atoms with Gasteiger partial charge >= 0.3 is 0 Å². The van der Waals surface area contributed by atoms with E-state index < -0.39 is 34.3 Å². The molecule has 1 unspecified atom stereocenters. The number of anilines is 1. The van der Waals surface area contributed by atoms with Crippen LogP contribution in [0.5, 0.6) is 0 Å². The van der Waals surface area contributed by atoms with E-state index in [-0.39, 0.29) is 30.9 Å². The summed E-state index contributed by atoms with van der Waals surface area (Å²) in [6.45, 7) is -0.0836. The molecule has 140 valence electrons. The molecule has 7 nitrogen and oxygen atoms in total. The molecule has 3 rings (SSSR count). The predicted molar refractivity (Wildman–Crippen MR) is 91.8 cm³/mol. The van der Waals surface area contributed by atoms with Crippen LogP contribution in [0.15, 0.2) is 42.5 Å². The number of hydrogen-bond donors (Lipinski definition) is 1. The molecule has 0 spiro atoms.